The molecule has 0 aliphatic carbocycles. The predicted molar refractivity (Wildman–Crippen MR) is 105 cm³/mol. The van der Waals surface area contributed by atoms with Crippen LogP contribution in [0, 0.1) is 13.8 Å². The van der Waals surface area contributed by atoms with Crippen LogP contribution in [0.25, 0.3) is 10.8 Å². The molecule has 3 aromatic rings. The smallest absolute Gasteiger partial charge is 0.296 e. The van der Waals surface area contributed by atoms with Crippen molar-refractivity contribution < 1.29 is 18.1 Å². The van der Waals surface area contributed by atoms with Gasteiger partial charge in [0.05, 0.1) is 5.69 Å². The Morgan fingerprint density at radius 2 is 1.70 bits per heavy atom. The van der Waals surface area contributed by atoms with Crippen molar-refractivity contribution in [2.24, 2.45) is 10.2 Å². The van der Waals surface area contributed by atoms with Crippen LogP contribution in [0.15, 0.2) is 57.6 Å². The molecule has 0 aromatic heterocycles. The standard InChI is InChI=1S/C19H19N3O4S/c1-11-4-5-15(8-12(11)2)21-22-18-17(27(24,25)26)10-13-9-14(20-3)6-7-16(13)19(18)23/h4-10,20,23H,1-3H3,(H,24,25,26). The van der Waals surface area contributed by atoms with E-state index in [-0.39, 0.29) is 11.4 Å². The fourth-order valence-corrected chi connectivity index (χ4v) is 3.35. The number of aryl methyl sites for hydroxylation is 2. The fraction of sp³-hybridized carbons (Fsp3) is 0.158. The molecular formula is C19H19N3O4S. The largest absolute Gasteiger partial charge is 0.505 e. The number of nitrogens with one attached hydrogen (secondary N) is 1. The summed E-state index contributed by atoms with van der Waals surface area (Å²) in [5.41, 5.74) is 3.02. The van der Waals surface area contributed by atoms with Gasteiger partial charge in [-0.2, -0.15) is 13.5 Å². The van der Waals surface area contributed by atoms with Gasteiger partial charge in [0.25, 0.3) is 10.1 Å². The lowest BCUT2D eigenvalue weighted by Crippen LogP contribution is -1.99. The molecule has 0 radical (unpaired) electrons. The zero-order valence-corrected chi connectivity index (χ0v) is 15.9. The maximum atomic E-state index is 11.8. The molecule has 0 heterocycles. The second-order valence-corrected chi connectivity index (χ2v) is 7.59. The Bertz CT molecular complexity index is 1170. The number of benzene rings is 3. The molecule has 0 aliphatic heterocycles. The van der Waals surface area contributed by atoms with Crippen molar-refractivity contribution in [2.45, 2.75) is 18.7 Å². The molecule has 0 fully saturated rings. The Morgan fingerprint density at radius 1 is 0.963 bits per heavy atom. The van der Waals surface area contributed by atoms with Crippen LogP contribution in [0.5, 0.6) is 5.75 Å². The third kappa shape index (κ3) is 3.76. The number of anilines is 1. The van der Waals surface area contributed by atoms with Crippen molar-refractivity contribution in [3.05, 3.63) is 53.6 Å². The number of nitrogens with zero attached hydrogens (tertiary/aromatic N) is 2. The van der Waals surface area contributed by atoms with E-state index in [0.29, 0.717) is 16.5 Å². The Hall–Kier alpha value is -2.97. The summed E-state index contributed by atoms with van der Waals surface area (Å²) in [5, 5.41) is 22.3. The van der Waals surface area contributed by atoms with Gasteiger partial charge >= 0.3 is 0 Å². The SMILES string of the molecule is CNc1ccc2c(O)c(N=Nc3ccc(C)c(C)c3)c(S(=O)(=O)O)cc2c1. The van der Waals surface area contributed by atoms with Gasteiger partial charge < -0.3 is 10.4 Å². The van der Waals surface area contributed by atoms with Crippen LogP contribution in [-0.4, -0.2) is 25.1 Å². The summed E-state index contributed by atoms with van der Waals surface area (Å²) in [6.45, 7) is 3.88. The molecule has 8 heteroatoms. The summed E-state index contributed by atoms with van der Waals surface area (Å²) in [6, 6.07) is 11.7. The van der Waals surface area contributed by atoms with Crippen LogP contribution in [0.3, 0.4) is 0 Å². The molecule has 0 atom stereocenters. The van der Waals surface area contributed by atoms with Gasteiger partial charge in [0.15, 0.2) is 5.75 Å². The summed E-state index contributed by atoms with van der Waals surface area (Å²) in [7, 11) is -2.90. The minimum absolute atomic E-state index is 0.305. The van der Waals surface area contributed by atoms with Crippen LogP contribution in [0.4, 0.5) is 17.1 Å². The number of hydrogen-bond donors (Lipinski definition) is 3. The third-order valence-electron chi connectivity index (χ3n) is 4.37. The molecule has 7 nitrogen and oxygen atoms in total. The van der Waals surface area contributed by atoms with Crippen molar-refractivity contribution in [3.8, 4) is 5.75 Å². The van der Waals surface area contributed by atoms with Crippen molar-refractivity contribution in [3.63, 3.8) is 0 Å². The summed E-state index contributed by atoms with van der Waals surface area (Å²) in [4.78, 5) is -0.506. The monoisotopic (exact) mass is 385 g/mol. The molecule has 0 saturated carbocycles. The summed E-state index contributed by atoms with van der Waals surface area (Å²) in [6.07, 6.45) is 0. The summed E-state index contributed by atoms with van der Waals surface area (Å²) < 4.78 is 33.3. The Kier molecular flexibility index (Phi) is 4.86. The molecule has 0 unspecified atom stereocenters. The quantitative estimate of drug-likeness (QED) is 0.438. The third-order valence-corrected chi connectivity index (χ3v) is 5.24. The van der Waals surface area contributed by atoms with Crippen LogP contribution in [-0.2, 0) is 10.1 Å². The number of fused-ring (bicyclic) bond motifs is 1. The number of azo groups is 1. The average molecular weight is 385 g/mol. The number of phenolic OH excluding ortho intramolecular Hbond substituents is 1. The first kappa shape index (κ1) is 18.8. The molecule has 0 aliphatic rings. The maximum absolute atomic E-state index is 11.8. The highest BCUT2D eigenvalue weighted by Crippen LogP contribution is 2.42. The van der Waals surface area contributed by atoms with E-state index in [9.17, 15) is 18.1 Å². The van der Waals surface area contributed by atoms with Gasteiger partial charge in [-0.3, -0.25) is 4.55 Å². The van der Waals surface area contributed by atoms with Crippen LogP contribution in [0.2, 0.25) is 0 Å². The lowest BCUT2D eigenvalue weighted by Gasteiger charge is -2.10. The number of aromatic hydroxyl groups is 1. The van der Waals surface area contributed by atoms with Gasteiger partial charge in [0.2, 0.25) is 0 Å². The minimum atomic E-state index is -4.62. The minimum Gasteiger partial charge on any atom is -0.505 e. The molecule has 0 spiro atoms. The molecule has 0 saturated heterocycles. The van der Waals surface area contributed by atoms with Crippen LogP contribution < -0.4 is 5.32 Å². The van der Waals surface area contributed by atoms with E-state index >= 15 is 0 Å². The van der Waals surface area contributed by atoms with Crippen molar-refractivity contribution >= 4 is 38.0 Å². The van der Waals surface area contributed by atoms with Gasteiger partial charge in [0, 0.05) is 18.1 Å². The molecule has 3 aromatic carbocycles. The highest BCUT2D eigenvalue weighted by Gasteiger charge is 2.22. The van der Waals surface area contributed by atoms with E-state index in [2.05, 4.69) is 15.5 Å². The highest BCUT2D eigenvalue weighted by molar-refractivity contribution is 7.86. The van der Waals surface area contributed by atoms with Crippen molar-refractivity contribution in [1.82, 2.24) is 0 Å². The van der Waals surface area contributed by atoms with E-state index in [1.54, 1.807) is 37.4 Å². The van der Waals surface area contributed by atoms with E-state index < -0.39 is 15.0 Å². The molecule has 140 valence electrons. The number of phenols is 1. The van der Waals surface area contributed by atoms with Gasteiger partial charge in [-0.1, -0.05) is 6.07 Å². The Morgan fingerprint density at radius 3 is 2.33 bits per heavy atom. The molecule has 3 N–H and O–H groups in total. The topological polar surface area (TPSA) is 111 Å². The first-order valence-corrected chi connectivity index (χ1v) is 9.58. The summed E-state index contributed by atoms with van der Waals surface area (Å²) in [5.74, 6) is -0.365. The second kappa shape index (κ2) is 6.98. The predicted octanol–water partition coefficient (Wildman–Crippen LogP) is 4.87. The maximum Gasteiger partial charge on any atom is 0.296 e. The van der Waals surface area contributed by atoms with Crippen molar-refractivity contribution in [2.75, 3.05) is 12.4 Å². The first-order chi connectivity index (χ1) is 12.7. The molecule has 0 bridgehead atoms. The lowest BCUT2D eigenvalue weighted by molar-refractivity contribution is 0.472. The number of rotatable bonds is 4. The Labute approximate surface area is 157 Å². The number of hydrogen-bond acceptors (Lipinski definition) is 6. The lowest BCUT2D eigenvalue weighted by atomic mass is 10.1. The van der Waals surface area contributed by atoms with Crippen LogP contribution >= 0.6 is 0 Å². The van der Waals surface area contributed by atoms with E-state index in [0.717, 1.165) is 16.8 Å². The van der Waals surface area contributed by atoms with Gasteiger partial charge in [-0.15, -0.1) is 5.11 Å². The molecular weight excluding hydrogens is 366 g/mol. The first-order valence-electron chi connectivity index (χ1n) is 8.14. The normalized spacial score (nSPS) is 12.0. The molecule has 3 rings (SSSR count). The van der Waals surface area contributed by atoms with E-state index in [1.807, 2.05) is 19.9 Å². The van der Waals surface area contributed by atoms with E-state index in [1.165, 1.54) is 6.07 Å². The van der Waals surface area contributed by atoms with Crippen molar-refractivity contribution in [1.29, 1.82) is 0 Å². The van der Waals surface area contributed by atoms with Crippen LogP contribution in [0.1, 0.15) is 11.1 Å². The Balaban J connectivity index is 2.22. The zero-order chi connectivity index (χ0) is 19.8. The fourth-order valence-electron chi connectivity index (χ4n) is 2.70. The van der Waals surface area contributed by atoms with E-state index in [4.69, 9.17) is 0 Å². The molecule has 27 heavy (non-hydrogen) atoms. The second-order valence-electron chi connectivity index (χ2n) is 6.20. The van der Waals surface area contributed by atoms with Gasteiger partial charge in [-0.05, 0) is 66.8 Å². The summed E-state index contributed by atoms with van der Waals surface area (Å²) >= 11 is 0. The van der Waals surface area contributed by atoms with Gasteiger partial charge in [0.1, 0.15) is 10.6 Å². The van der Waals surface area contributed by atoms with Gasteiger partial charge in [-0.25, -0.2) is 0 Å². The highest BCUT2D eigenvalue weighted by atomic mass is 32.2. The molecule has 0 amide bonds. The zero-order valence-electron chi connectivity index (χ0n) is 15.1. The average Bonchev–Trinajstić information content (AvgIpc) is 2.62.